The Balaban J connectivity index is 2.13. The normalized spacial score (nSPS) is 28.3. The summed E-state index contributed by atoms with van der Waals surface area (Å²) in [4.78, 5) is 16.1. The van der Waals surface area contributed by atoms with E-state index in [0.29, 0.717) is 5.56 Å². The first-order chi connectivity index (χ1) is 8.28. The molecule has 0 aromatic carbocycles. The van der Waals surface area contributed by atoms with Crippen LogP contribution in [0.3, 0.4) is 0 Å². The van der Waals surface area contributed by atoms with Gasteiger partial charge in [-0.1, -0.05) is 27.7 Å². The lowest BCUT2D eigenvalue weighted by Gasteiger charge is -2.62. The molecule has 0 spiro atoms. The third kappa shape index (κ3) is 1.81. The number of carbonyl (C=O) groups is 1. The summed E-state index contributed by atoms with van der Waals surface area (Å²) in [6.07, 6.45) is 3.23. The Morgan fingerprint density at radius 2 is 1.94 bits per heavy atom. The maximum atomic E-state index is 12.1. The molecule has 0 bridgehead atoms. The van der Waals surface area contributed by atoms with Crippen LogP contribution in [-0.2, 0) is 0 Å². The zero-order valence-corrected chi connectivity index (χ0v) is 11.4. The maximum absolute atomic E-state index is 12.1. The largest absolute Gasteiger partial charge is 0.348 e. The standard InChI is InChI=1S/C14H21N3O/c1-13(2)11(15)14(3,4)12(13)17-10(18)9-6-5-7-16-8-9/h5-8,11-12H,15H2,1-4H3,(H,17,18). The van der Waals surface area contributed by atoms with Gasteiger partial charge in [-0.25, -0.2) is 0 Å². The number of amides is 1. The van der Waals surface area contributed by atoms with Gasteiger partial charge in [-0.3, -0.25) is 9.78 Å². The van der Waals surface area contributed by atoms with E-state index in [1.165, 1.54) is 0 Å². The third-order valence-corrected chi connectivity index (χ3v) is 4.29. The van der Waals surface area contributed by atoms with Gasteiger partial charge in [0.1, 0.15) is 0 Å². The van der Waals surface area contributed by atoms with Crippen LogP contribution in [0, 0.1) is 10.8 Å². The molecule has 0 radical (unpaired) electrons. The van der Waals surface area contributed by atoms with Crippen molar-refractivity contribution in [1.29, 1.82) is 0 Å². The molecule has 1 fully saturated rings. The summed E-state index contributed by atoms with van der Waals surface area (Å²) in [5.74, 6) is -0.0823. The lowest BCUT2D eigenvalue weighted by molar-refractivity contribution is -0.0663. The van der Waals surface area contributed by atoms with Crippen molar-refractivity contribution in [2.24, 2.45) is 16.6 Å². The molecule has 1 aromatic rings. The molecule has 1 aromatic heterocycles. The van der Waals surface area contributed by atoms with E-state index in [1.807, 2.05) is 0 Å². The van der Waals surface area contributed by atoms with Crippen molar-refractivity contribution in [3.05, 3.63) is 30.1 Å². The zero-order chi connectivity index (χ0) is 13.6. The fraction of sp³-hybridized carbons (Fsp3) is 0.571. The van der Waals surface area contributed by atoms with Crippen molar-refractivity contribution in [3.63, 3.8) is 0 Å². The van der Waals surface area contributed by atoms with Gasteiger partial charge < -0.3 is 11.1 Å². The van der Waals surface area contributed by atoms with E-state index in [1.54, 1.807) is 24.5 Å². The van der Waals surface area contributed by atoms with E-state index >= 15 is 0 Å². The van der Waals surface area contributed by atoms with Gasteiger partial charge in [0.25, 0.3) is 5.91 Å². The minimum Gasteiger partial charge on any atom is -0.348 e. The van der Waals surface area contributed by atoms with Gasteiger partial charge in [0.15, 0.2) is 0 Å². The monoisotopic (exact) mass is 247 g/mol. The van der Waals surface area contributed by atoms with Crippen LogP contribution in [0.1, 0.15) is 38.1 Å². The van der Waals surface area contributed by atoms with Gasteiger partial charge in [-0.15, -0.1) is 0 Å². The van der Waals surface area contributed by atoms with Crippen LogP contribution in [0.25, 0.3) is 0 Å². The molecule has 1 aliphatic rings. The summed E-state index contributed by atoms with van der Waals surface area (Å²) in [7, 11) is 0. The minimum atomic E-state index is -0.0823. The molecule has 0 saturated heterocycles. The van der Waals surface area contributed by atoms with E-state index < -0.39 is 0 Å². The summed E-state index contributed by atoms with van der Waals surface area (Å²) >= 11 is 0. The number of nitrogens with two attached hydrogens (primary N) is 1. The average Bonchev–Trinajstić information content (AvgIpc) is 2.35. The predicted octanol–water partition coefficient (Wildman–Crippen LogP) is 1.57. The lowest BCUT2D eigenvalue weighted by atomic mass is 9.48. The second kappa shape index (κ2) is 4.05. The lowest BCUT2D eigenvalue weighted by Crippen LogP contribution is -2.76. The number of rotatable bonds is 2. The fourth-order valence-corrected chi connectivity index (χ4v) is 3.26. The summed E-state index contributed by atoms with van der Waals surface area (Å²) < 4.78 is 0. The van der Waals surface area contributed by atoms with Crippen molar-refractivity contribution in [3.8, 4) is 0 Å². The molecule has 18 heavy (non-hydrogen) atoms. The first-order valence-corrected chi connectivity index (χ1v) is 6.24. The number of nitrogens with zero attached hydrogens (tertiary/aromatic N) is 1. The number of nitrogens with one attached hydrogen (secondary N) is 1. The van der Waals surface area contributed by atoms with E-state index in [2.05, 4.69) is 38.0 Å². The second-order valence-corrected chi connectivity index (χ2v) is 6.27. The predicted molar refractivity (Wildman–Crippen MR) is 71.0 cm³/mol. The van der Waals surface area contributed by atoms with Crippen LogP contribution in [0.5, 0.6) is 0 Å². The van der Waals surface area contributed by atoms with Gasteiger partial charge in [0.2, 0.25) is 0 Å². The molecule has 0 unspecified atom stereocenters. The highest BCUT2D eigenvalue weighted by Gasteiger charge is 2.60. The minimum absolute atomic E-state index is 0.0766. The molecule has 1 heterocycles. The molecular weight excluding hydrogens is 226 g/mol. The molecule has 4 heteroatoms. The van der Waals surface area contributed by atoms with E-state index in [0.717, 1.165) is 0 Å². The highest BCUT2D eigenvalue weighted by molar-refractivity contribution is 5.94. The van der Waals surface area contributed by atoms with Gasteiger partial charge in [0, 0.05) is 35.3 Å². The van der Waals surface area contributed by atoms with E-state index in [-0.39, 0.29) is 28.8 Å². The van der Waals surface area contributed by atoms with Gasteiger partial charge in [0.05, 0.1) is 5.56 Å². The van der Waals surface area contributed by atoms with Crippen molar-refractivity contribution in [2.45, 2.75) is 39.8 Å². The van der Waals surface area contributed by atoms with Crippen LogP contribution < -0.4 is 11.1 Å². The fourth-order valence-electron chi connectivity index (χ4n) is 3.26. The van der Waals surface area contributed by atoms with Crippen LogP contribution >= 0.6 is 0 Å². The zero-order valence-electron chi connectivity index (χ0n) is 11.4. The molecule has 1 amide bonds. The molecule has 1 aliphatic carbocycles. The Bertz CT molecular complexity index is 437. The first-order valence-electron chi connectivity index (χ1n) is 6.24. The van der Waals surface area contributed by atoms with Crippen LogP contribution in [0.4, 0.5) is 0 Å². The van der Waals surface area contributed by atoms with Gasteiger partial charge in [-0.2, -0.15) is 0 Å². The summed E-state index contributed by atoms with van der Waals surface area (Å²) in [6.45, 7) is 8.38. The Morgan fingerprint density at radius 3 is 2.44 bits per heavy atom. The van der Waals surface area contributed by atoms with Crippen molar-refractivity contribution in [2.75, 3.05) is 0 Å². The number of hydrogen-bond acceptors (Lipinski definition) is 3. The molecule has 4 nitrogen and oxygen atoms in total. The van der Waals surface area contributed by atoms with Crippen LogP contribution in [0.2, 0.25) is 0 Å². The van der Waals surface area contributed by atoms with Gasteiger partial charge >= 0.3 is 0 Å². The molecule has 98 valence electrons. The Labute approximate surface area is 108 Å². The SMILES string of the molecule is CC1(C)C(N)C(C)(C)C1NC(=O)c1cccnc1. The number of hydrogen-bond donors (Lipinski definition) is 2. The van der Waals surface area contributed by atoms with Crippen LogP contribution in [0.15, 0.2) is 24.5 Å². The van der Waals surface area contributed by atoms with Crippen molar-refractivity contribution < 1.29 is 4.79 Å². The summed E-state index contributed by atoms with van der Waals surface area (Å²) in [5, 5.41) is 3.08. The van der Waals surface area contributed by atoms with Gasteiger partial charge in [-0.05, 0) is 12.1 Å². The average molecular weight is 247 g/mol. The Morgan fingerprint density at radius 1 is 1.33 bits per heavy atom. The van der Waals surface area contributed by atoms with Crippen molar-refractivity contribution in [1.82, 2.24) is 10.3 Å². The smallest absolute Gasteiger partial charge is 0.253 e. The molecular formula is C14H21N3O. The Hall–Kier alpha value is -1.42. The first kappa shape index (κ1) is 13.0. The molecule has 1 saturated carbocycles. The summed E-state index contributed by atoms with van der Waals surface area (Å²) in [6, 6.07) is 3.69. The van der Waals surface area contributed by atoms with E-state index in [9.17, 15) is 4.79 Å². The van der Waals surface area contributed by atoms with E-state index in [4.69, 9.17) is 5.73 Å². The van der Waals surface area contributed by atoms with Crippen molar-refractivity contribution >= 4 is 5.91 Å². The molecule has 0 aliphatic heterocycles. The highest BCUT2D eigenvalue weighted by Crippen LogP contribution is 2.52. The molecule has 0 atom stereocenters. The maximum Gasteiger partial charge on any atom is 0.253 e. The molecule has 2 rings (SSSR count). The quantitative estimate of drug-likeness (QED) is 0.833. The van der Waals surface area contributed by atoms with Crippen LogP contribution in [-0.4, -0.2) is 23.0 Å². The molecule has 3 N–H and O–H groups in total. The number of pyridine rings is 1. The topological polar surface area (TPSA) is 68.0 Å². The number of carbonyl (C=O) groups excluding carboxylic acids is 1. The third-order valence-electron chi connectivity index (χ3n) is 4.29. The highest BCUT2D eigenvalue weighted by atomic mass is 16.1. The second-order valence-electron chi connectivity index (χ2n) is 6.27. The Kier molecular flexibility index (Phi) is 2.93. The summed E-state index contributed by atoms with van der Waals surface area (Å²) in [5.41, 5.74) is 6.60. The number of aromatic nitrogens is 1.